The molecule has 0 radical (unpaired) electrons. The highest BCUT2D eigenvalue weighted by Gasteiger charge is 2.17. The van der Waals surface area contributed by atoms with E-state index in [4.69, 9.17) is 15.8 Å². The molecule has 0 saturated carbocycles. The highest BCUT2D eigenvalue weighted by atomic mass is 16.6. The largest absolute Gasteiger partial charge is 0.633 e. The summed E-state index contributed by atoms with van der Waals surface area (Å²) in [4.78, 5) is 12.1. The van der Waals surface area contributed by atoms with Crippen LogP contribution in [-0.2, 0) is 22.5 Å². The zero-order valence-corrected chi connectivity index (χ0v) is 15.1. The first kappa shape index (κ1) is 21.0. The van der Waals surface area contributed by atoms with Gasteiger partial charge in [0.2, 0.25) is 5.91 Å². The van der Waals surface area contributed by atoms with Crippen molar-refractivity contribution >= 4 is 13.2 Å². The van der Waals surface area contributed by atoms with Crippen molar-refractivity contribution in [2.24, 2.45) is 5.73 Å². The van der Waals surface area contributed by atoms with Crippen molar-refractivity contribution in [2.75, 3.05) is 6.61 Å². The number of amides is 1. The number of nitrogens with zero attached hydrogens (tertiary/aromatic N) is 4. The lowest BCUT2D eigenvalue weighted by atomic mass is 10.1. The van der Waals surface area contributed by atoms with E-state index in [1.54, 1.807) is 0 Å². The van der Waals surface area contributed by atoms with Crippen LogP contribution in [0.4, 0.5) is 0 Å². The quantitative estimate of drug-likeness (QED) is 0.287. The summed E-state index contributed by atoms with van der Waals surface area (Å²) in [7, 11) is -1.73. The average molecular weight is 376 g/mol. The van der Waals surface area contributed by atoms with Crippen molar-refractivity contribution in [3.63, 3.8) is 0 Å². The number of tetrazole rings is 1. The maximum Gasteiger partial charge on any atom is 0.633 e. The van der Waals surface area contributed by atoms with Crippen LogP contribution in [0.1, 0.15) is 43.1 Å². The molecule has 1 heterocycles. The fourth-order valence-electron chi connectivity index (χ4n) is 2.54. The van der Waals surface area contributed by atoms with Crippen molar-refractivity contribution in [3.8, 4) is 0 Å². The molecule has 2 aromatic rings. The zero-order chi connectivity index (χ0) is 19.5. The SMILES string of the molecule is NC(CCCCCOB(O)O)c1nnnn1CC(=O)NCc1ccccc1. The second-order valence-electron chi connectivity index (χ2n) is 6.11. The molecule has 11 heteroatoms. The third-order valence-corrected chi connectivity index (χ3v) is 3.94. The predicted octanol–water partition coefficient (Wildman–Crippen LogP) is -0.464. The molecule has 10 nitrogen and oxygen atoms in total. The Hall–Kier alpha value is -2.34. The summed E-state index contributed by atoms with van der Waals surface area (Å²) in [6.45, 7) is 0.713. The number of nitrogens with two attached hydrogens (primary N) is 1. The number of rotatable bonds is 12. The summed E-state index contributed by atoms with van der Waals surface area (Å²) < 4.78 is 6.05. The van der Waals surface area contributed by atoms with E-state index in [9.17, 15) is 4.79 Å². The average Bonchev–Trinajstić information content (AvgIpc) is 3.11. The van der Waals surface area contributed by atoms with Gasteiger partial charge in [-0.25, -0.2) is 4.68 Å². The van der Waals surface area contributed by atoms with Gasteiger partial charge in [0.1, 0.15) is 6.54 Å². The summed E-state index contributed by atoms with van der Waals surface area (Å²) in [5.41, 5.74) is 7.15. The van der Waals surface area contributed by atoms with Gasteiger partial charge in [-0.05, 0) is 28.8 Å². The Labute approximate surface area is 157 Å². The van der Waals surface area contributed by atoms with Crippen LogP contribution in [0.3, 0.4) is 0 Å². The van der Waals surface area contributed by atoms with Crippen molar-refractivity contribution in [2.45, 2.75) is 44.8 Å². The molecule has 0 bridgehead atoms. The van der Waals surface area contributed by atoms with Crippen LogP contribution in [-0.4, -0.2) is 50.1 Å². The van der Waals surface area contributed by atoms with Gasteiger partial charge in [0.15, 0.2) is 5.82 Å². The van der Waals surface area contributed by atoms with Crippen molar-refractivity contribution in [1.82, 2.24) is 25.5 Å². The minimum atomic E-state index is -1.73. The van der Waals surface area contributed by atoms with Gasteiger partial charge in [0.05, 0.1) is 6.04 Å². The molecule has 1 amide bonds. The molecular weight excluding hydrogens is 351 g/mol. The number of carbonyl (C=O) groups excluding carboxylic acids is 1. The summed E-state index contributed by atoms with van der Waals surface area (Å²) in [6, 6.07) is 9.24. The standard InChI is InChI=1S/C16H25BN6O4/c18-14(9-5-2-6-10-27-17(25)26)16-20-21-22-23(16)12-15(24)19-11-13-7-3-1-4-8-13/h1,3-4,7-8,14,25-26H,2,5-6,9-12,18H2,(H,19,24). The monoisotopic (exact) mass is 376 g/mol. The molecule has 0 aliphatic heterocycles. The Morgan fingerprint density at radius 2 is 2.04 bits per heavy atom. The van der Waals surface area contributed by atoms with Crippen LogP contribution in [0.25, 0.3) is 0 Å². The molecule has 0 spiro atoms. The van der Waals surface area contributed by atoms with E-state index in [0.717, 1.165) is 18.4 Å². The van der Waals surface area contributed by atoms with Crippen LogP contribution >= 0.6 is 0 Å². The van der Waals surface area contributed by atoms with E-state index in [-0.39, 0.29) is 25.1 Å². The van der Waals surface area contributed by atoms with Crippen LogP contribution in [0.2, 0.25) is 0 Å². The van der Waals surface area contributed by atoms with E-state index in [1.807, 2.05) is 30.3 Å². The first-order valence-electron chi connectivity index (χ1n) is 8.86. The van der Waals surface area contributed by atoms with E-state index in [1.165, 1.54) is 4.68 Å². The van der Waals surface area contributed by atoms with Crippen LogP contribution < -0.4 is 11.1 Å². The lowest BCUT2D eigenvalue weighted by molar-refractivity contribution is -0.122. The van der Waals surface area contributed by atoms with Gasteiger partial charge < -0.3 is 25.8 Å². The topological polar surface area (TPSA) is 148 Å². The van der Waals surface area contributed by atoms with E-state index >= 15 is 0 Å². The van der Waals surface area contributed by atoms with Gasteiger partial charge in [0.25, 0.3) is 0 Å². The van der Waals surface area contributed by atoms with Gasteiger partial charge in [-0.15, -0.1) is 5.10 Å². The fraction of sp³-hybridized carbons (Fsp3) is 0.500. The lowest BCUT2D eigenvalue weighted by Gasteiger charge is -2.12. The molecule has 0 fully saturated rings. The van der Waals surface area contributed by atoms with Gasteiger partial charge in [-0.2, -0.15) is 0 Å². The first-order chi connectivity index (χ1) is 13.1. The maximum absolute atomic E-state index is 12.1. The highest BCUT2D eigenvalue weighted by molar-refractivity contribution is 6.32. The molecule has 5 N–H and O–H groups in total. The summed E-state index contributed by atoms with van der Waals surface area (Å²) >= 11 is 0. The molecule has 1 unspecified atom stereocenters. The molecule has 27 heavy (non-hydrogen) atoms. The lowest BCUT2D eigenvalue weighted by Crippen LogP contribution is -2.29. The van der Waals surface area contributed by atoms with Gasteiger partial charge in [-0.3, -0.25) is 4.79 Å². The number of benzene rings is 1. The second-order valence-corrected chi connectivity index (χ2v) is 6.11. The van der Waals surface area contributed by atoms with Gasteiger partial charge >= 0.3 is 7.32 Å². The zero-order valence-electron chi connectivity index (χ0n) is 15.1. The third-order valence-electron chi connectivity index (χ3n) is 3.94. The van der Waals surface area contributed by atoms with E-state index in [2.05, 4.69) is 25.5 Å². The Morgan fingerprint density at radius 3 is 2.78 bits per heavy atom. The van der Waals surface area contributed by atoms with Crippen LogP contribution in [0.15, 0.2) is 30.3 Å². The number of unbranched alkanes of at least 4 members (excludes halogenated alkanes) is 2. The molecule has 1 aromatic carbocycles. The van der Waals surface area contributed by atoms with Gasteiger partial charge in [0, 0.05) is 13.2 Å². The number of nitrogens with one attached hydrogen (secondary N) is 1. The summed E-state index contributed by atoms with van der Waals surface area (Å²) in [5.74, 6) is 0.270. The first-order valence-corrected chi connectivity index (χ1v) is 8.86. The Bertz CT molecular complexity index is 685. The highest BCUT2D eigenvalue weighted by Crippen LogP contribution is 2.14. The normalized spacial score (nSPS) is 12.0. The Kier molecular flexibility index (Phi) is 8.85. The van der Waals surface area contributed by atoms with E-state index < -0.39 is 7.32 Å². The summed E-state index contributed by atoms with van der Waals surface area (Å²) in [6.07, 6.45) is 2.96. The predicted molar refractivity (Wildman–Crippen MR) is 97.6 cm³/mol. The second kappa shape index (κ2) is 11.4. The summed E-state index contributed by atoms with van der Waals surface area (Å²) in [5, 5.41) is 31.4. The van der Waals surface area contributed by atoms with Crippen LogP contribution in [0, 0.1) is 0 Å². The molecule has 0 saturated heterocycles. The molecule has 1 atom stereocenters. The molecule has 1 aromatic heterocycles. The Balaban J connectivity index is 1.72. The number of aromatic nitrogens is 4. The number of hydrogen-bond acceptors (Lipinski definition) is 8. The van der Waals surface area contributed by atoms with Gasteiger partial charge in [-0.1, -0.05) is 43.2 Å². The number of hydrogen-bond donors (Lipinski definition) is 4. The van der Waals surface area contributed by atoms with Crippen LogP contribution in [0.5, 0.6) is 0 Å². The molecular formula is C16H25BN6O4. The number of carbonyl (C=O) groups is 1. The molecule has 2 rings (SSSR count). The van der Waals surface area contributed by atoms with Crippen molar-refractivity contribution in [3.05, 3.63) is 41.7 Å². The minimum absolute atomic E-state index is 0.00505. The fourth-order valence-corrected chi connectivity index (χ4v) is 2.54. The molecule has 0 aliphatic rings. The van der Waals surface area contributed by atoms with Crippen molar-refractivity contribution in [1.29, 1.82) is 0 Å². The maximum atomic E-state index is 12.1. The minimum Gasteiger partial charge on any atom is -0.402 e. The van der Waals surface area contributed by atoms with Crippen molar-refractivity contribution < 1.29 is 19.5 Å². The Morgan fingerprint density at radius 1 is 1.26 bits per heavy atom. The third kappa shape index (κ3) is 7.83. The molecule has 0 aliphatic carbocycles. The molecule has 146 valence electrons. The smallest absolute Gasteiger partial charge is 0.402 e. The van der Waals surface area contributed by atoms with E-state index in [0.29, 0.717) is 25.2 Å².